The monoisotopic (exact) mass is 724 g/mol. The standard InChI is InChI=1S/C18H16F18O7S.Li/c19-11(20,13(23,24)15(27,28)17(31,32)33)3-1-5-40-9(37)7-8(44-43-42-39)10(38)41-6-2-4-12(21,22)14(25,26)16(29,30)18(34,35)36;/h8,39H,1-7H2;/q;+1/p-1. The Labute approximate surface area is 254 Å². The number of carbonyl (C=O) groups excluding carboxylic acids is 2. The first-order valence-corrected chi connectivity index (χ1v) is 11.6. The van der Waals surface area contributed by atoms with Crippen LogP contribution in [0.3, 0.4) is 0 Å². The topological polar surface area (TPSA) is 94.1 Å². The molecule has 0 radical (unpaired) electrons. The second kappa shape index (κ2) is 16.1. The first kappa shape index (κ1) is 45.6. The van der Waals surface area contributed by atoms with E-state index in [9.17, 15) is 93.9 Å². The minimum Gasteiger partial charge on any atom is -0.691 e. The Morgan fingerprint density at radius 3 is 1.29 bits per heavy atom. The predicted octanol–water partition coefficient (Wildman–Crippen LogP) is 3.20. The van der Waals surface area contributed by atoms with Gasteiger partial charge in [0, 0.05) is 24.9 Å². The van der Waals surface area contributed by atoms with Gasteiger partial charge in [-0.25, -0.2) is 0 Å². The van der Waals surface area contributed by atoms with E-state index in [-0.39, 0.29) is 18.9 Å². The third-order valence-electron chi connectivity index (χ3n) is 5.00. The smallest absolute Gasteiger partial charge is 0.691 e. The molecule has 0 aromatic rings. The van der Waals surface area contributed by atoms with E-state index < -0.39 is 122 Å². The Morgan fingerprint density at radius 1 is 0.600 bits per heavy atom. The first-order chi connectivity index (χ1) is 19.4. The molecular formula is C18H15F18LiO7S. The fourth-order valence-electron chi connectivity index (χ4n) is 2.60. The van der Waals surface area contributed by atoms with Gasteiger partial charge in [-0.1, -0.05) is 0 Å². The van der Waals surface area contributed by atoms with Crippen LogP contribution in [0, 0.1) is 0 Å². The van der Waals surface area contributed by atoms with Gasteiger partial charge in [0.1, 0.15) is 5.25 Å². The molecule has 0 spiro atoms. The Morgan fingerprint density at radius 2 is 0.956 bits per heavy atom. The van der Waals surface area contributed by atoms with Gasteiger partial charge >= 0.3 is 78.7 Å². The summed E-state index contributed by atoms with van der Waals surface area (Å²) < 4.78 is 242. The summed E-state index contributed by atoms with van der Waals surface area (Å²) in [5.41, 5.74) is 0. The van der Waals surface area contributed by atoms with Crippen LogP contribution in [0.5, 0.6) is 0 Å². The van der Waals surface area contributed by atoms with E-state index in [4.69, 9.17) is 0 Å². The number of halogens is 18. The van der Waals surface area contributed by atoms with Crippen molar-refractivity contribution in [1.29, 1.82) is 0 Å². The minimum absolute atomic E-state index is 0. The van der Waals surface area contributed by atoms with E-state index in [0.717, 1.165) is 0 Å². The zero-order chi connectivity index (χ0) is 35.2. The molecule has 7 nitrogen and oxygen atoms in total. The fraction of sp³-hybridized carbons (Fsp3) is 0.889. The summed E-state index contributed by atoms with van der Waals surface area (Å²) in [5, 5.41) is 10.6. The van der Waals surface area contributed by atoms with Crippen molar-refractivity contribution in [2.45, 2.75) is 85.2 Å². The molecule has 0 saturated heterocycles. The maximum Gasteiger partial charge on any atom is 1.00 e. The molecular weight excluding hydrogens is 709 g/mol. The summed E-state index contributed by atoms with van der Waals surface area (Å²) in [6.45, 7) is -2.82. The van der Waals surface area contributed by atoms with Crippen LogP contribution in [0.1, 0.15) is 32.1 Å². The van der Waals surface area contributed by atoms with Crippen LogP contribution in [0.15, 0.2) is 0 Å². The minimum atomic E-state index is -7.19. The molecule has 0 aliphatic heterocycles. The van der Waals surface area contributed by atoms with Gasteiger partial charge in [-0.15, -0.1) is 0 Å². The van der Waals surface area contributed by atoms with Gasteiger partial charge in [0.05, 0.1) is 19.6 Å². The third kappa shape index (κ3) is 10.8. The molecule has 0 fully saturated rings. The number of hydrogen-bond acceptors (Lipinski definition) is 8. The molecule has 0 aromatic carbocycles. The maximum absolute atomic E-state index is 13.5. The van der Waals surface area contributed by atoms with Crippen LogP contribution in [-0.2, 0) is 28.4 Å². The maximum atomic E-state index is 13.5. The molecule has 0 N–H and O–H groups in total. The number of hydrogen-bond donors (Lipinski definition) is 0. The van der Waals surface area contributed by atoms with Crippen LogP contribution < -0.4 is 24.1 Å². The molecule has 0 saturated carbocycles. The van der Waals surface area contributed by atoms with Crippen LogP contribution in [0.4, 0.5) is 79.0 Å². The largest absolute Gasteiger partial charge is 1.00 e. The van der Waals surface area contributed by atoms with Gasteiger partial charge in [-0.2, -0.15) is 83.4 Å². The second-order valence-electron chi connectivity index (χ2n) is 8.22. The van der Waals surface area contributed by atoms with Gasteiger partial charge in [0.25, 0.3) is 0 Å². The SMILES string of the molecule is O=C(CC(SOO[O-])C(=O)OCCCC(F)(F)C(F)(F)C(F)(F)C(F)(F)F)OCCCC(F)(F)C(F)(F)C(F)(F)C(F)(F)F.[Li+]. The quantitative estimate of drug-likeness (QED) is 0.0405. The molecule has 0 bridgehead atoms. The van der Waals surface area contributed by atoms with E-state index in [1.54, 1.807) is 0 Å². The summed E-state index contributed by atoms with van der Waals surface area (Å²) in [7, 11) is 0. The zero-order valence-corrected chi connectivity index (χ0v) is 22.4. The van der Waals surface area contributed by atoms with Crippen LogP contribution in [0.2, 0.25) is 0 Å². The Kier molecular flexibility index (Phi) is 16.3. The van der Waals surface area contributed by atoms with Crippen molar-refractivity contribution >= 4 is 24.0 Å². The van der Waals surface area contributed by atoms with Crippen molar-refractivity contribution in [3.63, 3.8) is 0 Å². The number of alkyl halides is 18. The van der Waals surface area contributed by atoms with Gasteiger partial charge in [0.15, 0.2) is 0 Å². The fourth-order valence-corrected chi connectivity index (χ4v) is 3.08. The Bertz CT molecular complexity index is 961. The van der Waals surface area contributed by atoms with Crippen molar-refractivity contribution in [2.75, 3.05) is 13.2 Å². The van der Waals surface area contributed by atoms with Gasteiger partial charge in [-0.3, -0.25) is 14.6 Å². The Hall–Kier alpha value is -1.49. The summed E-state index contributed by atoms with van der Waals surface area (Å²) in [5.74, 6) is -43.9. The third-order valence-corrected chi connectivity index (χ3v) is 5.72. The van der Waals surface area contributed by atoms with E-state index >= 15 is 0 Å². The molecule has 0 amide bonds. The van der Waals surface area contributed by atoms with Crippen molar-refractivity contribution in [2.24, 2.45) is 0 Å². The van der Waals surface area contributed by atoms with Crippen molar-refractivity contribution in [1.82, 2.24) is 0 Å². The normalized spacial score (nSPS) is 14.9. The average molecular weight is 724 g/mol. The molecule has 0 aliphatic carbocycles. The van der Waals surface area contributed by atoms with E-state index in [1.165, 1.54) is 0 Å². The number of rotatable bonds is 18. The number of esters is 2. The average Bonchev–Trinajstić information content (AvgIpc) is 2.85. The van der Waals surface area contributed by atoms with E-state index in [2.05, 4.69) is 18.8 Å². The molecule has 0 heterocycles. The summed E-state index contributed by atoms with van der Waals surface area (Å²) in [6.07, 6.45) is -23.4. The second-order valence-corrected chi connectivity index (χ2v) is 9.12. The summed E-state index contributed by atoms with van der Waals surface area (Å²) in [6, 6.07) is 0. The van der Waals surface area contributed by atoms with Gasteiger partial charge in [0.2, 0.25) is 0 Å². The molecule has 27 heteroatoms. The van der Waals surface area contributed by atoms with E-state index in [0.29, 0.717) is 0 Å². The molecule has 1 unspecified atom stereocenters. The van der Waals surface area contributed by atoms with Crippen LogP contribution in [0.25, 0.3) is 0 Å². The molecule has 0 aliphatic rings. The van der Waals surface area contributed by atoms with Gasteiger partial charge in [-0.05, 0) is 12.8 Å². The van der Waals surface area contributed by atoms with Crippen LogP contribution in [-0.4, -0.2) is 78.3 Å². The molecule has 1 atom stereocenters. The predicted molar refractivity (Wildman–Crippen MR) is 100 cm³/mol. The van der Waals surface area contributed by atoms with Gasteiger partial charge < -0.3 is 14.7 Å². The molecule has 0 rings (SSSR count). The van der Waals surface area contributed by atoms with Crippen molar-refractivity contribution < 1.29 is 132 Å². The number of carbonyl (C=O) groups is 2. The molecule has 262 valence electrons. The van der Waals surface area contributed by atoms with Crippen molar-refractivity contribution in [3.8, 4) is 0 Å². The van der Waals surface area contributed by atoms with Crippen LogP contribution >= 0.6 is 12.0 Å². The zero-order valence-electron chi connectivity index (χ0n) is 21.6. The Balaban J connectivity index is 0. The molecule has 0 aromatic heterocycles. The number of ether oxygens (including phenoxy) is 2. The van der Waals surface area contributed by atoms with E-state index in [1.807, 2.05) is 0 Å². The summed E-state index contributed by atoms with van der Waals surface area (Å²) >= 11 is -0.428. The first-order valence-electron chi connectivity index (χ1n) is 10.8. The molecule has 45 heavy (non-hydrogen) atoms. The summed E-state index contributed by atoms with van der Waals surface area (Å²) in [4.78, 5) is 23.6. The van der Waals surface area contributed by atoms with Crippen molar-refractivity contribution in [3.05, 3.63) is 0 Å².